The highest BCUT2D eigenvalue weighted by Gasteiger charge is 2.31. The van der Waals surface area contributed by atoms with Crippen LogP contribution in [-0.4, -0.2) is 112 Å². The molecule has 0 aromatic heterocycles. The first-order chi connectivity index (χ1) is 21.8. The summed E-state index contributed by atoms with van der Waals surface area (Å²) in [7, 11) is 1.84. The molecule has 3 rings (SSSR count). The molecule has 1 aliphatic heterocycles. The SMILES string of the molecule is C[C@@H]1CN([C@@H](C)CO)C(=O)c2cc(NS(=O)(=O)c3ccccc3)ccc2O[C@@H](C)CCCCO[C@@H]1CN(C)C(=O)CCCN(C)C. The molecule has 0 saturated heterocycles. The fraction of sp³-hybridized carbons (Fsp3) is 0.588. The van der Waals surface area contributed by atoms with E-state index in [9.17, 15) is 23.1 Å². The average molecular weight is 661 g/mol. The van der Waals surface area contributed by atoms with Gasteiger partial charge in [-0.25, -0.2) is 8.42 Å². The third-order valence-corrected chi connectivity index (χ3v) is 9.63. The average Bonchev–Trinajstić information content (AvgIpc) is 3.02. The molecule has 0 bridgehead atoms. The summed E-state index contributed by atoms with van der Waals surface area (Å²) in [4.78, 5) is 32.7. The van der Waals surface area contributed by atoms with E-state index in [0.717, 1.165) is 32.2 Å². The first kappa shape index (κ1) is 37.3. The number of amides is 2. The van der Waals surface area contributed by atoms with Crippen molar-refractivity contribution in [2.24, 2.45) is 5.92 Å². The highest BCUT2D eigenvalue weighted by Crippen LogP contribution is 2.29. The first-order valence-electron chi connectivity index (χ1n) is 16.1. The number of ether oxygens (including phenoxy) is 2. The Morgan fingerprint density at radius 3 is 2.50 bits per heavy atom. The van der Waals surface area contributed by atoms with E-state index in [1.54, 1.807) is 54.1 Å². The van der Waals surface area contributed by atoms with E-state index in [2.05, 4.69) is 9.62 Å². The van der Waals surface area contributed by atoms with Gasteiger partial charge in [-0.3, -0.25) is 14.3 Å². The number of rotatable bonds is 11. The lowest BCUT2D eigenvalue weighted by molar-refractivity contribution is -0.132. The molecule has 11 nitrogen and oxygen atoms in total. The monoisotopic (exact) mass is 660 g/mol. The van der Waals surface area contributed by atoms with Crippen molar-refractivity contribution in [3.8, 4) is 5.75 Å². The van der Waals surface area contributed by atoms with Crippen LogP contribution in [0.15, 0.2) is 53.4 Å². The van der Waals surface area contributed by atoms with E-state index in [-0.39, 0.29) is 53.3 Å². The molecule has 0 radical (unpaired) electrons. The van der Waals surface area contributed by atoms with E-state index in [4.69, 9.17) is 9.47 Å². The zero-order chi connectivity index (χ0) is 33.9. The molecular formula is C34H52N4O7S. The van der Waals surface area contributed by atoms with Gasteiger partial charge in [-0.1, -0.05) is 25.1 Å². The highest BCUT2D eigenvalue weighted by molar-refractivity contribution is 7.92. The quantitative estimate of drug-likeness (QED) is 0.369. The Bertz CT molecular complexity index is 1370. The minimum atomic E-state index is -3.90. The van der Waals surface area contributed by atoms with Crippen molar-refractivity contribution < 1.29 is 32.6 Å². The van der Waals surface area contributed by atoms with E-state index in [1.807, 2.05) is 27.9 Å². The second kappa shape index (κ2) is 17.7. The molecule has 1 heterocycles. The smallest absolute Gasteiger partial charge is 0.261 e. The van der Waals surface area contributed by atoms with Crippen molar-refractivity contribution in [3.05, 3.63) is 54.1 Å². The van der Waals surface area contributed by atoms with Crippen molar-refractivity contribution in [2.75, 3.05) is 58.7 Å². The Kier molecular flexibility index (Phi) is 14.3. The number of anilines is 1. The largest absolute Gasteiger partial charge is 0.490 e. The molecule has 46 heavy (non-hydrogen) atoms. The Morgan fingerprint density at radius 2 is 1.83 bits per heavy atom. The van der Waals surface area contributed by atoms with E-state index >= 15 is 0 Å². The van der Waals surface area contributed by atoms with Gasteiger partial charge < -0.3 is 29.3 Å². The van der Waals surface area contributed by atoms with Gasteiger partial charge >= 0.3 is 0 Å². The lowest BCUT2D eigenvalue weighted by atomic mass is 10.0. The summed E-state index contributed by atoms with van der Waals surface area (Å²) in [5.41, 5.74) is 0.406. The summed E-state index contributed by atoms with van der Waals surface area (Å²) in [6, 6.07) is 12.2. The van der Waals surface area contributed by atoms with Crippen LogP contribution in [0, 0.1) is 5.92 Å². The van der Waals surface area contributed by atoms with Crippen molar-refractivity contribution in [3.63, 3.8) is 0 Å². The minimum Gasteiger partial charge on any atom is -0.490 e. The molecule has 0 saturated carbocycles. The lowest BCUT2D eigenvalue weighted by Crippen LogP contribution is -2.48. The van der Waals surface area contributed by atoms with E-state index < -0.39 is 22.0 Å². The molecule has 1 aliphatic rings. The Morgan fingerprint density at radius 1 is 1.11 bits per heavy atom. The van der Waals surface area contributed by atoms with Crippen molar-refractivity contribution in [1.29, 1.82) is 0 Å². The number of aliphatic hydroxyl groups is 1. The second-order valence-electron chi connectivity index (χ2n) is 12.6. The summed E-state index contributed by atoms with van der Waals surface area (Å²) >= 11 is 0. The third kappa shape index (κ3) is 11.0. The molecule has 2 amide bonds. The molecular weight excluding hydrogens is 608 g/mol. The summed E-state index contributed by atoms with van der Waals surface area (Å²) in [6.45, 7) is 7.34. The zero-order valence-corrected chi connectivity index (χ0v) is 29.0. The van der Waals surface area contributed by atoms with Crippen LogP contribution in [0.1, 0.15) is 63.2 Å². The molecule has 0 spiro atoms. The lowest BCUT2D eigenvalue weighted by Gasteiger charge is -2.36. The van der Waals surface area contributed by atoms with E-state index in [1.165, 1.54) is 18.2 Å². The summed E-state index contributed by atoms with van der Waals surface area (Å²) < 4.78 is 41.4. The number of fused-ring (bicyclic) bond motifs is 1. The third-order valence-electron chi connectivity index (χ3n) is 8.23. The Hall–Kier alpha value is -3.19. The maximum atomic E-state index is 14.3. The molecule has 0 unspecified atom stereocenters. The van der Waals surface area contributed by atoms with Gasteiger partial charge in [-0.05, 0) is 90.5 Å². The first-order valence-corrected chi connectivity index (χ1v) is 17.6. The van der Waals surface area contributed by atoms with Crippen molar-refractivity contribution in [2.45, 2.75) is 76.0 Å². The minimum absolute atomic E-state index is 0.0408. The number of carbonyl (C=O) groups excluding carboxylic acids is 2. The maximum Gasteiger partial charge on any atom is 0.261 e. The van der Waals surface area contributed by atoms with Crippen LogP contribution in [0.5, 0.6) is 5.75 Å². The van der Waals surface area contributed by atoms with Crippen LogP contribution in [0.4, 0.5) is 5.69 Å². The molecule has 2 aromatic rings. The van der Waals surface area contributed by atoms with Crippen molar-refractivity contribution in [1.82, 2.24) is 14.7 Å². The predicted molar refractivity (Wildman–Crippen MR) is 180 cm³/mol. The molecule has 12 heteroatoms. The number of likely N-dealkylation sites (N-methyl/N-ethyl adjacent to an activating group) is 1. The van der Waals surface area contributed by atoms with Crippen LogP contribution >= 0.6 is 0 Å². The summed E-state index contributed by atoms with van der Waals surface area (Å²) in [5, 5.41) is 10.2. The Labute approximate surface area is 274 Å². The van der Waals surface area contributed by atoms with Gasteiger partial charge in [-0.2, -0.15) is 0 Å². The van der Waals surface area contributed by atoms with Crippen LogP contribution in [0.2, 0.25) is 0 Å². The molecule has 4 atom stereocenters. The van der Waals surface area contributed by atoms with E-state index in [0.29, 0.717) is 25.3 Å². The topological polar surface area (TPSA) is 129 Å². The second-order valence-corrected chi connectivity index (χ2v) is 14.3. The van der Waals surface area contributed by atoms with Crippen LogP contribution in [-0.2, 0) is 19.6 Å². The molecule has 0 fully saturated rings. The van der Waals surface area contributed by atoms with Gasteiger partial charge in [0.05, 0.1) is 35.3 Å². The van der Waals surface area contributed by atoms with Gasteiger partial charge in [0.25, 0.3) is 15.9 Å². The number of hydrogen-bond donors (Lipinski definition) is 2. The van der Waals surface area contributed by atoms with Gasteiger partial charge in [-0.15, -0.1) is 0 Å². The number of hydrogen-bond acceptors (Lipinski definition) is 8. The summed E-state index contributed by atoms with van der Waals surface area (Å²) in [6.07, 6.45) is 3.01. The van der Waals surface area contributed by atoms with Gasteiger partial charge in [0.1, 0.15) is 5.75 Å². The maximum absolute atomic E-state index is 14.3. The number of aliphatic hydroxyl groups excluding tert-OH is 1. The van der Waals surface area contributed by atoms with Crippen LogP contribution in [0.3, 0.4) is 0 Å². The van der Waals surface area contributed by atoms with Crippen molar-refractivity contribution >= 4 is 27.5 Å². The fourth-order valence-electron chi connectivity index (χ4n) is 5.37. The molecule has 2 N–H and O–H groups in total. The number of nitrogens with zero attached hydrogens (tertiary/aromatic N) is 3. The van der Waals surface area contributed by atoms with Gasteiger partial charge in [0.2, 0.25) is 5.91 Å². The molecule has 256 valence electrons. The standard InChI is InChI=1S/C34H52N4O7S/c1-25-22-38(26(2)24-39)34(41)30-21-28(35-46(42,43)29-14-8-7-9-15-29)17-18-31(30)45-27(3)13-10-11-20-44-32(25)23-37(6)33(40)16-12-19-36(4)5/h7-9,14-15,17-18,21,25-27,32,35,39H,10-13,16,19-20,22-24H2,1-6H3/t25-,26+,27+,32-/m1/s1. The molecule has 2 aromatic carbocycles. The summed E-state index contributed by atoms with van der Waals surface area (Å²) in [5.74, 6) is -0.212. The number of benzene rings is 2. The number of sulfonamides is 1. The number of nitrogens with one attached hydrogen (secondary N) is 1. The Balaban J connectivity index is 1.93. The fourth-order valence-corrected chi connectivity index (χ4v) is 6.44. The van der Waals surface area contributed by atoms with Crippen LogP contribution < -0.4 is 9.46 Å². The molecule has 0 aliphatic carbocycles. The number of carbonyl (C=O) groups is 2. The van der Waals surface area contributed by atoms with Crippen LogP contribution in [0.25, 0.3) is 0 Å². The zero-order valence-electron chi connectivity index (χ0n) is 28.1. The van der Waals surface area contributed by atoms with Gasteiger partial charge in [0.15, 0.2) is 0 Å². The van der Waals surface area contributed by atoms with Gasteiger partial charge in [0, 0.05) is 44.8 Å². The highest BCUT2D eigenvalue weighted by atomic mass is 32.2. The predicted octanol–water partition coefficient (Wildman–Crippen LogP) is 4.08. The normalized spacial score (nSPS) is 20.7.